The Bertz CT molecular complexity index is 984. The molecule has 3 heterocycles. The lowest BCUT2D eigenvalue weighted by Gasteiger charge is -2.22. The number of nitrogens with zero attached hydrogens (tertiary/aromatic N) is 4. The van der Waals surface area contributed by atoms with Gasteiger partial charge in [0.15, 0.2) is 15.7 Å². The summed E-state index contributed by atoms with van der Waals surface area (Å²) in [5.74, 6) is 2.11. The first-order chi connectivity index (χ1) is 13.9. The summed E-state index contributed by atoms with van der Waals surface area (Å²) >= 11 is 0. The van der Waals surface area contributed by atoms with Crippen LogP contribution in [0.1, 0.15) is 31.5 Å². The van der Waals surface area contributed by atoms with Crippen LogP contribution in [0, 0.1) is 0 Å². The molecular weight excluding hydrogens is 390 g/mol. The monoisotopic (exact) mass is 417 g/mol. The zero-order valence-corrected chi connectivity index (χ0v) is 17.5. The van der Waals surface area contributed by atoms with Crippen molar-refractivity contribution in [2.24, 2.45) is 0 Å². The van der Waals surface area contributed by atoms with E-state index in [9.17, 15) is 13.2 Å². The minimum absolute atomic E-state index is 0.0867. The maximum absolute atomic E-state index is 12.4. The highest BCUT2D eigenvalue weighted by Gasteiger charge is 2.31. The van der Waals surface area contributed by atoms with Crippen molar-refractivity contribution in [3.8, 4) is 11.4 Å². The van der Waals surface area contributed by atoms with E-state index in [0.717, 1.165) is 43.0 Å². The second kappa shape index (κ2) is 8.23. The van der Waals surface area contributed by atoms with Crippen molar-refractivity contribution in [2.45, 2.75) is 44.7 Å². The van der Waals surface area contributed by atoms with Crippen LogP contribution in [0.15, 0.2) is 24.3 Å². The molecule has 29 heavy (non-hydrogen) atoms. The summed E-state index contributed by atoms with van der Waals surface area (Å²) in [6.07, 6.45) is 5.07. The Hall–Kier alpha value is -2.26. The van der Waals surface area contributed by atoms with Gasteiger partial charge in [0.25, 0.3) is 0 Å². The molecule has 9 heteroatoms. The third-order valence-electron chi connectivity index (χ3n) is 5.76. The fourth-order valence-electron chi connectivity index (χ4n) is 4.08. The molecule has 1 amide bonds. The molecule has 4 rings (SSSR count). The maximum Gasteiger partial charge on any atom is 0.238 e. The van der Waals surface area contributed by atoms with Crippen molar-refractivity contribution in [3.05, 3.63) is 30.1 Å². The van der Waals surface area contributed by atoms with Gasteiger partial charge >= 0.3 is 0 Å². The number of aromatic nitrogens is 3. The molecule has 1 aromatic heterocycles. The number of likely N-dealkylation sites (N-methyl/N-ethyl adjacent to an activating group) is 1. The number of nitrogens with one attached hydrogen (secondary N) is 1. The number of fused-ring (bicyclic) bond motifs is 1. The number of rotatable bonds is 5. The molecule has 1 N–H and O–H groups in total. The van der Waals surface area contributed by atoms with E-state index < -0.39 is 9.84 Å². The number of hydrogen-bond acceptors (Lipinski definition) is 6. The quantitative estimate of drug-likeness (QED) is 0.796. The molecule has 0 bridgehead atoms. The van der Waals surface area contributed by atoms with Gasteiger partial charge in [-0.05, 0) is 50.6 Å². The van der Waals surface area contributed by atoms with E-state index in [1.165, 1.54) is 6.42 Å². The molecular formula is C20H27N5O3S. The maximum atomic E-state index is 12.4. The van der Waals surface area contributed by atoms with E-state index in [4.69, 9.17) is 0 Å². The third-order valence-corrected chi connectivity index (χ3v) is 7.51. The fourth-order valence-corrected chi connectivity index (χ4v) is 5.89. The molecule has 2 aromatic rings. The summed E-state index contributed by atoms with van der Waals surface area (Å²) in [4.78, 5) is 14.2. The Kier molecular flexibility index (Phi) is 5.69. The fraction of sp³-hybridized carbons (Fsp3) is 0.550. The minimum Gasteiger partial charge on any atom is -0.325 e. The van der Waals surface area contributed by atoms with Gasteiger partial charge in [-0.2, -0.15) is 0 Å². The zero-order chi connectivity index (χ0) is 20.4. The Morgan fingerprint density at radius 2 is 2.00 bits per heavy atom. The van der Waals surface area contributed by atoms with Gasteiger partial charge < -0.3 is 9.88 Å². The topological polar surface area (TPSA) is 97.2 Å². The summed E-state index contributed by atoms with van der Waals surface area (Å²) in [6.45, 7) is 1.11. The molecule has 0 radical (unpaired) electrons. The SMILES string of the molecule is CN(CC(=O)Nc1ccc(-c2nnc3n2CCCCC3)cc1)[C@H]1CCS(=O)(=O)C1. The lowest BCUT2D eigenvalue weighted by Crippen LogP contribution is -2.38. The lowest BCUT2D eigenvalue weighted by atomic mass is 10.2. The molecule has 2 aliphatic heterocycles. The minimum atomic E-state index is -2.96. The summed E-state index contributed by atoms with van der Waals surface area (Å²) in [5, 5.41) is 11.6. The molecule has 1 aromatic carbocycles. The van der Waals surface area contributed by atoms with Crippen LogP contribution in [0.2, 0.25) is 0 Å². The molecule has 0 unspecified atom stereocenters. The van der Waals surface area contributed by atoms with Gasteiger partial charge in [0, 0.05) is 30.3 Å². The molecule has 8 nitrogen and oxygen atoms in total. The van der Waals surface area contributed by atoms with Crippen LogP contribution in [-0.4, -0.2) is 65.1 Å². The van der Waals surface area contributed by atoms with Gasteiger partial charge in [0.05, 0.1) is 18.1 Å². The molecule has 0 aliphatic carbocycles. The van der Waals surface area contributed by atoms with Gasteiger partial charge in [-0.25, -0.2) is 8.42 Å². The molecule has 1 atom stereocenters. The lowest BCUT2D eigenvalue weighted by molar-refractivity contribution is -0.117. The van der Waals surface area contributed by atoms with E-state index in [2.05, 4.69) is 20.1 Å². The Balaban J connectivity index is 1.37. The smallest absolute Gasteiger partial charge is 0.238 e. The van der Waals surface area contributed by atoms with Gasteiger partial charge in [-0.1, -0.05) is 6.42 Å². The molecule has 156 valence electrons. The standard InChI is InChI=1S/C20H27N5O3S/c1-24(17-10-12-29(27,28)14-17)13-19(26)21-16-8-6-15(7-9-16)20-23-22-18-5-3-2-4-11-25(18)20/h6-9,17H,2-5,10-14H2,1H3,(H,21,26)/t17-/m0/s1. The van der Waals surface area contributed by atoms with Gasteiger partial charge in [-0.3, -0.25) is 9.69 Å². The molecule has 1 fully saturated rings. The summed E-state index contributed by atoms with van der Waals surface area (Å²) < 4.78 is 25.4. The van der Waals surface area contributed by atoms with Crippen LogP contribution in [0.4, 0.5) is 5.69 Å². The highest BCUT2D eigenvalue weighted by Crippen LogP contribution is 2.24. The number of hydrogen-bond donors (Lipinski definition) is 1. The van der Waals surface area contributed by atoms with Crippen LogP contribution in [-0.2, 0) is 27.6 Å². The number of carbonyl (C=O) groups excluding carboxylic acids is 1. The van der Waals surface area contributed by atoms with Crippen molar-refractivity contribution in [3.63, 3.8) is 0 Å². The van der Waals surface area contributed by atoms with Crippen LogP contribution in [0.5, 0.6) is 0 Å². The van der Waals surface area contributed by atoms with Crippen LogP contribution in [0.25, 0.3) is 11.4 Å². The number of amides is 1. The van der Waals surface area contributed by atoms with Crippen molar-refractivity contribution in [2.75, 3.05) is 30.4 Å². The second-order valence-electron chi connectivity index (χ2n) is 8.00. The van der Waals surface area contributed by atoms with Gasteiger partial charge in [0.2, 0.25) is 5.91 Å². The molecule has 2 aliphatic rings. The average molecular weight is 418 g/mol. The van der Waals surface area contributed by atoms with E-state index in [1.807, 2.05) is 29.2 Å². The van der Waals surface area contributed by atoms with Crippen molar-refractivity contribution in [1.29, 1.82) is 0 Å². The summed E-state index contributed by atoms with van der Waals surface area (Å²) in [5.41, 5.74) is 1.69. The first kappa shape index (κ1) is 20.0. The summed E-state index contributed by atoms with van der Waals surface area (Å²) in [7, 11) is -1.16. The highest BCUT2D eigenvalue weighted by atomic mass is 32.2. The highest BCUT2D eigenvalue weighted by molar-refractivity contribution is 7.91. The van der Waals surface area contributed by atoms with Crippen molar-refractivity contribution < 1.29 is 13.2 Å². The van der Waals surface area contributed by atoms with E-state index in [-0.39, 0.29) is 30.0 Å². The Labute approximate surface area is 171 Å². The van der Waals surface area contributed by atoms with Crippen LogP contribution in [0.3, 0.4) is 0 Å². The largest absolute Gasteiger partial charge is 0.325 e. The normalized spacial score (nSPS) is 21.0. The van der Waals surface area contributed by atoms with E-state index >= 15 is 0 Å². The molecule has 0 spiro atoms. The number of anilines is 1. The van der Waals surface area contributed by atoms with Gasteiger partial charge in [-0.15, -0.1) is 10.2 Å². The third kappa shape index (κ3) is 4.67. The molecule has 1 saturated heterocycles. The zero-order valence-electron chi connectivity index (χ0n) is 16.7. The first-order valence-corrected chi connectivity index (χ1v) is 12.0. The summed E-state index contributed by atoms with van der Waals surface area (Å²) in [6, 6.07) is 7.55. The number of aryl methyl sites for hydroxylation is 1. The number of sulfone groups is 1. The number of carbonyl (C=O) groups is 1. The molecule has 0 saturated carbocycles. The second-order valence-corrected chi connectivity index (χ2v) is 10.2. The van der Waals surface area contributed by atoms with Crippen molar-refractivity contribution in [1.82, 2.24) is 19.7 Å². The van der Waals surface area contributed by atoms with Gasteiger partial charge in [0.1, 0.15) is 5.82 Å². The van der Waals surface area contributed by atoms with E-state index in [1.54, 1.807) is 7.05 Å². The van der Waals surface area contributed by atoms with E-state index in [0.29, 0.717) is 12.1 Å². The first-order valence-electron chi connectivity index (χ1n) is 10.1. The Morgan fingerprint density at radius 3 is 2.72 bits per heavy atom. The predicted octanol–water partition coefficient (Wildman–Crippen LogP) is 1.73. The number of benzene rings is 1. The predicted molar refractivity (Wildman–Crippen MR) is 111 cm³/mol. The van der Waals surface area contributed by atoms with Crippen molar-refractivity contribution >= 4 is 21.4 Å². The van der Waals surface area contributed by atoms with Crippen LogP contribution < -0.4 is 5.32 Å². The average Bonchev–Trinajstić information content (AvgIpc) is 3.17. The van der Waals surface area contributed by atoms with Crippen LogP contribution >= 0.6 is 0 Å². The Morgan fingerprint density at radius 1 is 1.21 bits per heavy atom.